The number of hydrogen-bond acceptors (Lipinski definition) is 5. The number of rotatable bonds is 2. The van der Waals surface area contributed by atoms with Crippen LogP contribution < -0.4 is 9.64 Å². The number of nitrogens with zero attached hydrogens (tertiary/aromatic N) is 4. The molecule has 2 aromatic heterocycles. The van der Waals surface area contributed by atoms with Gasteiger partial charge in [0.05, 0.1) is 10.7 Å². The Labute approximate surface area is 174 Å². The molecule has 4 heterocycles. The fourth-order valence-corrected chi connectivity index (χ4v) is 4.14. The number of benzene rings is 1. The molecule has 0 saturated carbocycles. The molecule has 0 spiro atoms. The van der Waals surface area contributed by atoms with Crippen molar-refractivity contribution in [3.63, 3.8) is 0 Å². The van der Waals surface area contributed by atoms with E-state index in [0.717, 1.165) is 49.5 Å². The van der Waals surface area contributed by atoms with Gasteiger partial charge in [-0.3, -0.25) is 0 Å². The number of aliphatic hydroxyl groups is 1. The van der Waals surface area contributed by atoms with E-state index in [2.05, 4.69) is 34.0 Å². The lowest BCUT2D eigenvalue weighted by Gasteiger charge is -2.27. The predicted molar refractivity (Wildman–Crippen MR) is 115 cm³/mol. The van der Waals surface area contributed by atoms with Crippen LogP contribution >= 0.6 is 11.6 Å². The molecule has 29 heavy (non-hydrogen) atoms. The minimum absolute atomic E-state index is 0.633. The average molecular weight is 411 g/mol. The number of ether oxygens (including phenoxy) is 1. The maximum atomic E-state index is 10.6. The van der Waals surface area contributed by atoms with Gasteiger partial charge in [0.1, 0.15) is 11.4 Å². The monoisotopic (exact) mass is 410 g/mol. The minimum atomic E-state index is -1.06. The van der Waals surface area contributed by atoms with Crippen LogP contribution in [0.4, 0.5) is 5.69 Å². The van der Waals surface area contributed by atoms with E-state index >= 15 is 0 Å². The molecule has 3 aromatic rings. The van der Waals surface area contributed by atoms with Crippen LogP contribution in [0.3, 0.4) is 0 Å². The molecule has 7 heteroatoms. The van der Waals surface area contributed by atoms with E-state index in [4.69, 9.17) is 16.3 Å². The Balaban J connectivity index is 1.46. The maximum Gasteiger partial charge on any atom is 0.226 e. The molecule has 5 rings (SSSR count). The lowest BCUT2D eigenvalue weighted by Crippen LogP contribution is -2.29. The number of aliphatic hydroxyl groups excluding tert-OH is 1. The summed E-state index contributed by atoms with van der Waals surface area (Å²) < 4.78 is 7.72. The summed E-state index contributed by atoms with van der Waals surface area (Å²) in [7, 11) is 2.16. The van der Waals surface area contributed by atoms with Crippen molar-refractivity contribution in [2.24, 2.45) is 0 Å². The standard InChI is InChI=1S/C22H23ClN4O2/c1-25-7-2-8-26(10-9-25)17-5-3-15-11-18(22(28)29-20(15)12-17)19-14-27-13-16(23)4-6-21(27)24-19/h3-6,11-14,22,28H,2,7-10H2,1H3. The predicted octanol–water partition coefficient (Wildman–Crippen LogP) is 3.38. The Morgan fingerprint density at radius 2 is 2.00 bits per heavy atom. The summed E-state index contributed by atoms with van der Waals surface area (Å²) in [5, 5.41) is 11.3. The molecule has 1 aromatic carbocycles. The van der Waals surface area contributed by atoms with Crippen LogP contribution in [0.15, 0.2) is 42.7 Å². The molecule has 0 bridgehead atoms. The van der Waals surface area contributed by atoms with Crippen molar-refractivity contribution in [3.05, 3.63) is 59.0 Å². The van der Waals surface area contributed by atoms with Gasteiger partial charge >= 0.3 is 0 Å². The van der Waals surface area contributed by atoms with E-state index in [1.807, 2.05) is 28.8 Å². The second kappa shape index (κ2) is 7.37. The van der Waals surface area contributed by atoms with Crippen molar-refractivity contribution in [1.29, 1.82) is 0 Å². The fraction of sp³-hybridized carbons (Fsp3) is 0.318. The van der Waals surface area contributed by atoms with Gasteiger partial charge < -0.3 is 24.0 Å². The number of hydrogen-bond donors (Lipinski definition) is 1. The molecule has 0 radical (unpaired) electrons. The molecule has 2 aliphatic heterocycles. The van der Waals surface area contributed by atoms with Crippen LogP contribution in [0.25, 0.3) is 17.3 Å². The van der Waals surface area contributed by atoms with E-state index in [-0.39, 0.29) is 0 Å². The van der Waals surface area contributed by atoms with Crippen LogP contribution in [0, 0.1) is 0 Å². The Bertz CT molecular complexity index is 1090. The summed E-state index contributed by atoms with van der Waals surface area (Å²) in [6, 6.07) is 9.86. The van der Waals surface area contributed by atoms with Crippen molar-refractivity contribution < 1.29 is 9.84 Å². The van der Waals surface area contributed by atoms with Gasteiger partial charge in [-0.15, -0.1) is 0 Å². The van der Waals surface area contributed by atoms with Crippen LogP contribution in [0.2, 0.25) is 5.02 Å². The number of halogens is 1. The largest absolute Gasteiger partial charge is 0.460 e. The topological polar surface area (TPSA) is 53.2 Å². The third kappa shape index (κ3) is 3.59. The molecule has 0 amide bonds. The van der Waals surface area contributed by atoms with Crippen LogP contribution in [-0.4, -0.2) is 58.9 Å². The molecule has 150 valence electrons. The number of likely N-dealkylation sites (N-methyl/N-ethyl adjacent to an activating group) is 1. The van der Waals surface area contributed by atoms with Gasteiger partial charge in [-0.2, -0.15) is 0 Å². The van der Waals surface area contributed by atoms with Gasteiger partial charge in [0.2, 0.25) is 6.29 Å². The molecule has 1 atom stereocenters. The molecule has 2 aliphatic rings. The third-order valence-corrected chi connectivity index (χ3v) is 5.83. The first-order valence-electron chi connectivity index (χ1n) is 9.85. The third-order valence-electron chi connectivity index (χ3n) is 5.61. The Hall–Kier alpha value is -2.54. The number of imidazole rings is 1. The Kier molecular flexibility index (Phi) is 4.70. The smallest absolute Gasteiger partial charge is 0.226 e. The average Bonchev–Trinajstić information content (AvgIpc) is 2.99. The van der Waals surface area contributed by atoms with E-state index < -0.39 is 6.29 Å². The summed E-state index contributed by atoms with van der Waals surface area (Å²) in [5.41, 5.74) is 4.15. The lowest BCUT2D eigenvalue weighted by atomic mass is 10.0. The molecule has 1 N–H and O–H groups in total. The number of aromatic nitrogens is 2. The van der Waals surface area contributed by atoms with Crippen molar-refractivity contribution >= 4 is 34.6 Å². The van der Waals surface area contributed by atoms with Gasteiger partial charge in [0, 0.05) is 54.9 Å². The quantitative estimate of drug-likeness (QED) is 0.702. The number of fused-ring (bicyclic) bond motifs is 2. The van der Waals surface area contributed by atoms with Crippen LogP contribution in [-0.2, 0) is 0 Å². The number of pyridine rings is 1. The first-order valence-corrected chi connectivity index (χ1v) is 10.2. The van der Waals surface area contributed by atoms with Crippen LogP contribution in [0.1, 0.15) is 17.7 Å². The van der Waals surface area contributed by atoms with Gasteiger partial charge in [-0.05, 0) is 50.4 Å². The first-order chi connectivity index (χ1) is 14.1. The van der Waals surface area contributed by atoms with E-state index in [0.29, 0.717) is 22.0 Å². The van der Waals surface area contributed by atoms with Crippen molar-refractivity contribution in [2.75, 3.05) is 38.1 Å². The molecule has 1 unspecified atom stereocenters. The van der Waals surface area contributed by atoms with Crippen LogP contribution in [0.5, 0.6) is 5.75 Å². The van der Waals surface area contributed by atoms with Crippen molar-refractivity contribution in [3.8, 4) is 5.75 Å². The fourth-order valence-electron chi connectivity index (χ4n) is 3.97. The first kappa shape index (κ1) is 18.5. The zero-order chi connectivity index (χ0) is 20.0. The van der Waals surface area contributed by atoms with E-state index in [1.165, 1.54) is 0 Å². The maximum absolute atomic E-state index is 10.6. The zero-order valence-corrected chi connectivity index (χ0v) is 17.0. The number of anilines is 1. The SMILES string of the molecule is CN1CCCN(c2ccc3c(c2)OC(O)C(c2cn4cc(Cl)ccc4n2)=C3)CC1. The normalized spacial score (nSPS) is 20.2. The molecule has 6 nitrogen and oxygen atoms in total. The van der Waals surface area contributed by atoms with Gasteiger partial charge in [-0.25, -0.2) is 4.98 Å². The summed E-state index contributed by atoms with van der Waals surface area (Å²) in [6.07, 6.45) is 5.68. The van der Waals surface area contributed by atoms with Gasteiger partial charge in [0.15, 0.2) is 0 Å². The molecule has 1 fully saturated rings. The molecule has 0 aliphatic carbocycles. The Morgan fingerprint density at radius 3 is 2.90 bits per heavy atom. The summed E-state index contributed by atoms with van der Waals surface area (Å²) in [6.45, 7) is 4.18. The Morgan fingerprint density at radius 1 is 1.10 bits per heavy atom. The minimum Gasteiger partial charge on any atom is -0.460 e. The highest BCUT2D eigenvalue weighted by atomic mass is 35.5. The summed E-state index contributed by atoms with van der Waals surface area (Å²) in [4.78, 5) is 9.33. The lowest BCUT2D eigenvalue weighted by molar-refractivity contribution is 0.0318. The van der Waals surface area contributed by atoms with Crippen molar-refractivity contribution in [1.82, 2.24) is 14.3 Å². The highest BCUT2D eigenvalue weighted by Gasteiger charge is 2.25. The van der Waals surface area contributed by atoms with Crippen molar-refractivity contribution in [2.45, 2.75) is 12.7 Å². The highest BCUT2D eigenvalue weighted by molar-refractivity contribution is 6.30. The zero-order valence-electron chi connectivity index (χ0n) is 16.3. The summed E-state index contributed by atoms with van der Waals surface area (Å²) >= 11 is 6.06. The molecule has 1 saturated heterocycles. The second-order valence-corrected chi connectivity index (χ2v) is 8.11. The van der Waals surface area contributed by atoms with E-state index in [1.54, 1.807) is 12.3 Å². The molecular weight excluding hydrogens is 388 g/mol. The second-order valence-electron chi connectivity index (χ2n) is 7.67. The van der Waals surface area contributed by atoms with Gasteiger partial charge in [-0.1, -0.05) is 11.6 Å². The molecular formula is C22H23ClN4O2. The van der Waals surface area contributed by atoms with Gasteiger partial charge in [0.25, 0.3) is 0 Å². The summed E-state index contributed by atoms with van der Waals surface area (Å²) in [5.74, 6) is 0.697. The van der Waals surface area contributed by atoms with E-state index in [9.17, 15) is 5.11 Å². The highest BCUT2D eigenvalue weighted by Crippen LogP contribution is 2.36.